The standard InChI is InChI=1S/C5H10Cl/c1-3-5(2)4-6/h5H,1,3-4H2,2H3/t5-/m1/s1. The molecule has 0 N–H and O–H groups in total. The summed E-state index contributed by atoms with van der Waals surface area (Å²) in [4.78, 5) is 0. The quantitative estimate of drug-likeness (QED) is 0.472. The molecule has 0 rings (SSSR count). The average molecular weight is 106 g/mol. The molecular weight excluding hydrogens is 95.5 g/mol. The van der Waals surface area contributed by atoms with Crippen molar-refractivity contribution in [2.24, 2.45) is 5.92 Å². The molecule has 0 aromatic rings. The van der Waals surface area contributed by atoms with Crippen molar-refractivity contribution in [3.63, 3.8) is 0 Å². The van der Waals surface area contributed by atoms with Crippen molar-refractivity contribution >= 4 is 11.6 Å². The molecule has 1 atom stereocenters. The van der Waals surface area contributed by atoms with E-state index in [-0.39, 0.29) is 0 Å². The zero-order chi connectivity index (χ0) is 4.99. The molecule has 37 valence electrons. The second-order valence-electron chi connectivity index (χ2n) is 1.55. The van der Waals surface area contributed by atoms with E-state index in [1.54, 1.807) is 0 Å². The monoisotopic (exact) mass is 105 g/mol. The van der Waals surface area contributed by atoms with Gasteiger partial charge in [-0.25, -0.2) is 0 Å². The lowest BCUT2D eigenvalue weighted by Gasteiger charge is -1.96. The average Bonchev–Trinajstić information content (AvgIpc) is 1.65. The van der Waals surface area contributed by atoms with Crippen molar-refractivity contribution in [2.45, 2.75) is 13.3 Å². The third-order valence-corrected chi connectivity index (χ3v) is 1.28. The van der Waals surface area contributed by atoms with Gasteiger partial charge >= 0.3 is 0 Å². The summed E-state index contributed by atoms with van der Waals surface area (Å²) in [6.45, 7) is 5.76. The minimum Gasteiger partial charge on any atom is -0.126 e. The van der Waals surface area contributed by atoms with Gasteiger partial charge < -0.3 is 0 Å². The van der Waals surface area contributed by atoms with Crippen molar-refractivity contribution in [2.75, 3.05) is 5.88 Å². The predicted octanol–water partition coefficient (Wildman–Crippen LogP) is 2.09. The molecule has 6 heavy (non-hydrogen) atoms. The van der Waals surface area contributed by atoms with Crippen LogP contribution in [0.3, 0.4) is 0 Å². The largest absolute Gasteiger partial charge is 0.126 e. The van der Waals surface area contributed by atoms with Crippen LogP contribution < -0.4 is 0 Å². The molecule has 0 aromatic carbocycles. The van der Waals surface area contributed by atoms with E-state index in [0.29, 0.717) is 5.92 Å². The van der Waals surface area contributed by atoms with Gasteiger partial charge in [-0.05, 0) is 12.3 Å². The highest BCUT2D eigenvalue weighted by Crippen LogP contribution is 2.00. The van der Waals surface area contributed by atoms with Gasteiger partial charge in [0, 0.05) is 5.88 Å². The molecule has 0 saturated heterocycles. The Kier molecular flexibility index (Phi) is 3.65. The SMILES string of the molecule is [CH2]C[C@@H](C)CCl. The topological polar surface area (TPSA) is 0 Å². The van der Waals surface area contributed by atoms with Crippen molar-refractivity contribution in [3.05, 3.63) is 6.92 Å². The van der Waals surface area contributed by atoms with Crippen LogP contribution in [0, 0.1) is 12.8 Å². The fourth-order valence-electron chi connectivity index (χ4n) is 0.0772. The summed E-state index contributed by atoms with van der Waals surface area (Å²) in [7, 11) is 0. The lowest BCUT2D eigenvalue weighted by Crippen LogP contribution is -1.90. The molecule has 0 aliphatic carbocycles. The van der Waals surface area contributed by atoms with Crippen LogP contribution in [0.5, 0.6) is 0 Å². The van der Waals surface area contributed by atoms with Crippen LogP contribution in [0.15, 0.2) is 0 Å². The predicted molar refractivity (Wildman–Crippen MR) is 29.9 cm³/mol. The van der Waals surface area contributed by atoms with Crippen LogP contribution in [0.4, 0.5) is 0 Å². The molecular formula is C5H10Cl. The normalized spacial score (nSPS) is 14.5. The highest BCUT2D eigenvalue weighted by Gasteiger charge is 1.90. The van der Waals surface area contributed by atoms with E-state index in [0.717, 1.165) is 12.3 Å². The van der Waals surface area contributed by atoms with Gasteiger partial charge in [0.2, 0.25) is 0 Å². The molecule has 1 heteroatoms. The lowest BCUT2D eigenvalue weighted by molar-refractivity contribution is 0.669. The molecule has 0 spiro atoms. The van der Waals surface area contributed by atoms with Crippen molar-refractivity contribution in [3.8, 4) is 0 Å². The Balaban J connectivity index is 2.75. The summed E-state index contributed by atoms with van der Waals surface area (Å²) in [6.07, 6.45) is 0.948. The molecule has 0 fully saturated rings. The molecule has 0 amide bonds. The van der Waals surface area contributed by atoms with Gasteiger partial charge in [-0.2, -0.15) is 0 Å². The Morgan fingerprint density at radius 1 is 1.83 bits per heavy atom. The summed E-state index contributed by atoms with van der Waals surface area (Å²) in [5.41, 5.74) is 0. The maximum Gasteiger partial charge on any atom is 0.0249 e. The Morgan fingerprint density at radius 2 is 2.33 bits per heavy atom. The van der Waals surface area contributed by atoms with E-state index in [2.05, 4.69) is 13.8 Å². The molecule has 0 saturated carbocycles. The van der Waals surface area contributed by atoms with Crippen LogP contribution in [-0.4, -0.2) is 5.88 Å². The highest BCUT2D eigenvalue weighted by atomic mass is 35.5. The molecule has 1 radical (unpaired) electrons. The third-order valence-electron chi connectivity index (χ3n) is 0.756. The number of rotatable bonds is 2. The zero-order valence-corrected chi connectivity index (χ0v) is 4.83. The van der Waals surface area contributed by atoms with E-state index < -0.39 is 0 Å². The first-order chi connectivity index (χ1) is 2.81. The summed E-state index contributed by atoms with van der Waals surface area (Å²) < 4.78 is 0. The number of halogens is 1. The Bertz CT molecular complexity index is 23.1. The van der Waals surface area contributed by atoms with Crippen molar-refractivity contribution in [1.82, 2.24) is 0 Å². The van der Waals surface area contributed by atoms with Crippen LogP contribution in [0.1, 0.15) is 13.3 Å². The van der Waals surface area contributed by atoms with Gasteiger partial charge in [0.25, 0.3) is 0 Å². The molecule has 0 nitrogen and oxygen atoms in total. The zero-order valence-electron chi connectivity index (χ0n) is 4.08. The van der Waals surface area contributed by atoms with E-state index >= 15 is 0 Å². The second-order valence-corrected chi connectivity index (χ2v) is 1.86. The second kappa shape index (κ2) is 3.48. The van der Waals surface area contributed by atoms with Gasteiger partial charge in [-0.15, -0.1) is 11.6 Å². The van der Waals surface area contributed by atoms with E-state index in [4.69, 9.17) is 11.6 Å². The maximum absolute atomic E-state index is 5.41. The minimum absolute atomic E-state index is 0.590. The van der Waals surface area contributed by atoms with Gasteiger partial charge in [0.1, 0.15) is 0 Å². The van der Waals surface area contributed by atoms with Gasteiger partial charge in [0.15, 0.2) is 0 Å². The first-order valence-electron chi connectivity index (χ1n) is 2.16. The number of hydrogen-bond donors (Lipinski definition) is 0. The highest BCUT2D eigenvalue weighted by molar-refractivity contribution is 6.18. The van der Waals surface area contributed by atoms with Gasteiger partial charge in [-0.1, -0.05) is 13.8 Å². The van der Waals surface area contributed by atoms with E-state index in [1.165, 1.54) is 0 Å². The number of alkyl halides is 1. The summed E-state index contributed by atoms with van der Waals surface area (Å²) >= 11 is 5.41. The Labute approximate surface area is 44.5 Å². The van der Waals surface area contributed by atoms with Crippen LogP contribution in [0.25, 0.3) is 0 Å². The van der Waals surface area contributed by atoms with E-state index in [1.807, 2.05) is 0 Å². The molecule has 0 aromatic heterocycles. The van der Waals surface area contributed by atoms with Gasteiger partial charge in [-0.3, -0.25) is 0 Å². The van der Waals surface area contributed by atoms with Gasteiger partial charge in [0.05, 0.1) is 0 Å². The fraction of sp³-hybridized carbons (Fsp3) is 0.800. The summed E-state index contributed by atoms with van der Waals surface area (Å²) in [5, 5.41) is 0. The van der Waals surface area contributed by atoms with Crippen LogP contribution in [-0.2, 0) is 0 Å². The minimum atomic E-state index is 0.590. The first kappa shape index (κ1) is 6.29. The fourth-order valence-corrected chi connectivity index (χ4v) is 0.231. The van der Waals surface area contributed by atoms with E-state index in [9.17, 15) is 0 Å². The van der Waals surface area contributed by atoms with Crippen LogP contribution >= 0.6 is 11.6 Å². The van der Waals surface area contributed by atoms with Crippen molar-refractivity contribution in [1.29, 1.82) is 0 Å². The Hall–Kier alpha value is 0.290. The third kappa shape index (κ3) is 2.52. The van der Waals surface area contributed by atoms with Crippen molar-refractivity contribution < 1.29 is 0 Å². The maximum atomic E-state index is 5.41. The molecule has 0 aliphatic rings. The Morgan fingerprint density at radius 3 is 2.33 bits per heavy atom. The molecule has 0 aliphatic heterocycles. The lowest BCUT2D eigenvalue weighted by atomic mass is 10.2. The summed E-state index contributed by atoms with van der Waals surface area (Å²) in [6, 6.07) is 0. The first-order valence-corrected chi connectivity index (χ1v) is 2.70. The van der Waals surface area contributed by atoms with Crippen LogP contribution in [0.2, 0.25) is 0 Å². The molecule has 0 bridgehead atoms. The number of hydrogen-bond acceptors (Lipinski definition) is 0. The summed E-state index contributed by atoms with van der Waals surface area (Å²) in [5.74, 6) is 1.33. The molecule has 0 unspecified atom stereocenters. The molecule has 0 heterocycles. The smallest absolute Gasteiger partial charge is 0.0249 e.